The van der Waals surface area contributed by atoms with E-state index in [9.17, 15) is 4.79 Å². The van der Waals surface area contributed by atoms with E-state index >= 15 is 0 Å². The van der Waals surface area contributed by atoms with Gasteiger partial charge in [0.1, 0.15) is 0 Å². The van der Waals surface area contributed by atoms with Crippen LogP contribution in [0.25, 0.3) is 0 Å². The first-order chi connectivity index (χ1) is 11.6. The SMILES string of the molecule is Cc1cc(C)n([C@@H]2CCN(C(=O)NCCCOC3CCCC3)C2)n1. The minimum absolute atomic E-state index is 0.0416. The summed E-state index contributed by atoms with van der Waals surface area (Å²) in [6.45, 7) is 7.06. The Bertz CT molecular complexity index is 551. The van der Waals surface area contributed by atoms with Crippen LogP contribution in [0.4, 0.5) is 4.79 Å². The first-order valence-corrected chi connectivity index (χ1v) is 9.30. The van der Waals surface area contributed by atoms with Crippen LogP contribution in [0.5, 0.6) is 0 Å². The van der Waals surface area contributed by atoms with Crippen LogP contribution in [0.15, 0.2) is 6.07 Å². The van der Waals surface area contributed by atoms with E-state index in [1.807, 2.05) is 11.8 Å². The maximum Gasteiger partial charge on any atom is 0.317 e. The van der Waals surface area contributed by atoms with Gasteiger partial charge in [0.2, 0.25) is 0 Å². The number of likely N-dealkylation sites (tertiary alicyclic amines) is 1. The van der Waals surface area contributed by atoms with Crippen LogP contribution in [-0.4, -0.2) is 53.1 Å². The second-order valence-corrected chi connectivity index (χ2v) is 7.12. The normalized spacial score (nSPS) is 21.6. The number of hydrogen-bond donors (Lipinski definition) is 1. The number of amides is 2. The highest BCUT2D eigenvalue weighted by Crippen LogP contribution is 2.23. The van der Waals surface area contributed by atoms with Crippen molar-refractivity contribution >= 4 is 6.03 Å². The van der Waals surface area contributed by atoms with Gasteiger partial charge in [-0.1, -0.05) is 12.8 Å². The molecule has 1 aliphatic heterocycles. The molecule has 1 N–H and O–H groups in total. The summed E-state index contributed by atoms with van der Waals surface area (Å²) in [5.74, 6) is 0. The number of urea groups is 1. The van der Waals surface area contributed by atoms with E-state index in [1.54, 1.807) is 0 Å². The maximum absolute atomic E-state index is 12.3. The Morgan fingerprint density at radius 2 is 2.12 bits per heavy atom. The summed E-state index contributed by atoms with van der Waals surface area (Å²) in [4.78, 5) is 14.2. The van der Waals surface area contributed by atoms with Gasteiger partial charge in [-0.3, -0.25) is 4.68 Å². The number of hydrogen-bond acceptors (Lipinski definition) is 3. The smallest absolute Gasteiger partial charge is 0.317 e. The molecule has 6 nitrogen and oxygen atoms in total. The van der Waals surface area contributed by atoms with Gasteiger partial charge in [0.05, 0.1) is 17.8 Å². The predicted molar refractivity (Wildman–Crippen MR) is 93.2 cm³/mol. The summed E-state index contributed by atoms with van der Waals surface area (Å²) in [5, 5.41) is 7.57. The van der Waals surface area contributed by atoms with Crippen molar-refractivity contribution in [2.45, 2.75) is 64.5 Å². The Morgan fingerprint density at radius 3 is 2.83 bits per heavy atom. The molecule has 1 aromatic heterocycles. The Kier molecular flexibility index (Phi) is 5.76. The number of aromatic nitrogens is 2. The number of carbonyl (C=O) groups excluding carboxylic acids is 1. The van der Waals surface area contributed by atoms with Gasteiger partial charge in [0.25, 0.3) is 0 Å². The second kappa shape index (κ2) is 8.01. The third-order valence-electron chi connectivity index (χ3n) is 5.09. The van der Waals surface area contributed by atoms with Crippen molar-refractivity contribution in [2.24, 2.45) is 0 Å². The molecule has 3 rings (SSSR count). The van der Waals surface area contributed by atoms with Crippen molar-refractivity contribution in [1.29, 1.82) is 0 Å². The molecular weight excluding hydrogens is 304 g/mol. The highest BCUT2D eigenvalue weighted by atomic mass is 16.5. The summed E-state index contributed by atoms with van der Waals surface area (Å²) < 4.78 is 7.89. The number of carbonyl (C=O) groups is 1. The number of aryl methyl sites for hydroxylation is 2. The van der Waals surface area contributed by atoms with E-state index < -0.39 is 0 Å². The Hall–Kier alpha value is -1.56. The predicted octanol–water partition coefficient (Wildman–Crippen LogP) is 2.81. The van der Waals surface area contributed by atoms with Crippen LogP contribution in [-0.2, 0) is 4.74 Å². The van der Waals surface area contributed by atoms with Crippen LogP contribution in [0, 0.1) is 13.8 Å². The lowest BCUT2D eigenvalue weighted by Gasteiger charge is -2.18. The number of ether oxygens (including phenoxy) is 1. The van der Waals surface area contributed by atoms with Crippen LogP contribution in [0.2, 0.25) is 0 Å². The summed E-state index contributed by atoms with van der Waals surface area (Å²) in [6, 6.07) is 2.43. The zero-order valence-corrected chi connectivity index (χ0v) is 15.0. The Balaban J connectivity index is 1.34. The van der Waals surface area contributed by atoms with Gasteiger partial charge in [-0.2, -0.15) is 5.10 Å². The lowest BCUT2D eigenvalue weighted by molar-refractivity contribution is 0.0570. The topological polar surface area (TPSA) is 59.4 Å². The van der Waals surface area contributed by atoms with Gasteiger partial charge < -0.3 is 15.0 Å². The highest BCUT2D eigenvalue weighted by Gasteiger charge is 2.28. The minimum Gasteiger partial charge on any atom is -0.378 e. The summed E-state index contributed by atoms with van der Waals surface area (Å²) >= 11 is 0. The zero-order valence-electron chi connectivity index (χ0n) is 15.0. The molecule has 1 aliphatic carbocycles. The van der Waals surface area contributed by atoms with E-state index in [0.717, 1.165) is 38.2 Å². The van der Waals surface area contributed by atoms with Crippen molar-refractivity contribution in [1.82, 2.24) is 20.0 Å². The average molecular weight is 334 g/mol. The van der Waals surface area contributed by atoms with E-state index in [1.165, 1.54) is 31.4 Å². The molecule has 2 fully saturated rings. The molecule has 2 amide bonds. The first-order valence-electron chi connectivity index (χ1n) is 9.30. The molecule has 0 radical (unpaired) electrons. The Labute approximate surface area is 144 Å². The third-order valence-corrected chi connectivity index (χ3v) is 5.09. The first kappa shape index (κ1) is 17.3. The van der Waals surface area contributed by atoms with E-state index in [-0.39, 0.29) is 6.03 Å². The monoisotopic (exact) mass is 334 g/mol. The average Bonchev–Trinajstić information content (AvgIpc) is 3.27. The molecule has 1 aromatic rings. The van der Waals surface area contributed by atoms with Gasteiger partial charge in [0.15, 0.2) is 0 Å². The molecule has 6 heteroatoms. The minimum atomic E-state index is 0.0416. The van der Waals surface area contributed by atoms with Crippen molar-refractivity contribution in [3.05, 3.63) is 17.5 Å². The van der Waals surface area contributed by atoms with E-state index in [0.29, 0.717) is 18.7 Å². The van der Waals surface area contributed by atoms with Gasteiger partial charge in [-0.15, -0.1) is 0 Å². The van der Waals surface area contributed by atoms with Crippen LogP contribution >= 0.6 is 0 Å². The molecule has 0 unspecified atom stereocenters. The molecular formula is C18H30N4O2. The summed E-state index contributed by atoms with van der Waals surface area (Å²) in [5.41, 5.74) is 2.21. The quantitative estimate of drug-likeness (QED) is 0.814. The van der Waals surface area contributed by atoms with Crippen molar-refractivity contribution < 1.29 is 9.53 Å². The van der Waals surface area contributed by atoms with E-state index in [2.05, 4.69) is 28.1 Å². The highest BCUT2D eigenvalue weighted by molar-refractivity contribution is 5.74. The molecule has 1 saturated carbocycles. The van der Waals surface area contributed by atoms with Crippen LogP contribution in [0.1, 0.15) is 56.0 Å². The molecule has 0 aromatic carbocycles. The zero-order chi connectivity index (χ0) is 16.9. The Morgan fingerprint density at radius 1 is 1.33 bits per heavy atom. The largest absolute Gasteiger partial charge is 0.378 e. The molecule has 0 spiro atoms. The molecule has 1 saturated heterocycles. The number of nitrogens with one attached hydrogen (secondary N) is 1. The van der Waals surface area contributed by atoms with Crippen molar-refractivity contribution in [3.63, 3.8) is 0 Å². The van der Waals surface area contributed by atoms with Crippen molar-refractivity contribution in [2.75, 3.05) is 26.2 Å². The van der Waals surface area contributed by atoms with Crippen LogP contribution in [0.3, 0.4) is 0 Å². The fraction of sp³-hybridized carbons (Fsp3) is 0.778. The van der Waals surface area contributed by atoms with Gasteiger partial charge in [0, 0.05) is 31.9 Å². The molecule has 24 heavy (non-hydrogen) atoms. The van der Waals surface area contributed by atoms with Gasteiger partial charge in [-0.25, -0.2) is 4.79 Å². The van der Waals surface area contributed by atoms with E-state index in [4.69, 9.17) is 4.74 Å². The third kappa shape index (κ3) is 4.29. The molecule has 0 bridgehead atoms. The van der Waals surface area contributed by atoms with Crippen molar-refractivity contribution in [3.8, 4) is 0 Å². The standard InChI is InChI=1S/C18H30N4O2/c1-14-12-15(2)22(20-14)16-8-10-21(13-16)18(23)19-9-5-11-24-17-6-3-4-7-17/h12,16-17H,3-11,13H2,1-2H3,(H,19,23)/t16-/m1/s1. The number of nitrogens with zero attached hydrogens (tertiary/aromatic N) is 3. The molecule has 1 atom stereocenters. The molecule has 2 heterocycles. The van der Waals surface area contributed by atoms with Crippen LogP contribution < -0.4 is 5.32 Å². The lowest BCUT2D eigenvalue weighted by Crippen LogP contribution is -2.39. The molecule has 134 valence electrons. The lowest BCUT2D eigenvalue weighted by atomic mass is 10.2. The summed E-state index contributed by atoms with van der Waals surface area (Å²) in [7, 11) is 0. The second-order valence-electron chi connectivity index (χ2n) is 7.12. The fourth-order valence-electron chi connectivity index (χ4n) is 3.83. The van der Waals surface area contributed by atoms with Gasteiger partial charge >= 0.3 is 6.03 Å². The van der Waals surface area contributed by atoms with Gasteiger partial charge in [-0.05, 0) is 45.6 Å². The summed E-state index contributed by atoms with van der Waals surface area (Å²) in [6.07, 6.45) is 7.32. The maximum atomic E-state index is 12.3. The fourth-order valence-corrected chi connectivity index (χ4v) is 3.83. The molecule has 2 aliphatic rings. The number of rotatable bonds is 6.